The van der Waals surface area contributed by atoms with Crippen LogP contribution >= 0.6 is 11.8 Å². The van der Waals surface area contributed by atoms with E-state index in [-0.39, 0.29) is 18.0 Å². The average Bonchev–Trinajstić information content (AvgIpc) is 2.53. The molecule has 1 saturated heterocycles. The highest BCUT2D eigenvalue weighted by atomic mass is 32.2. The van der Waals surface area contributed by atoms with Crippen molar-refractivity contribution in [2.75, 3.05) is 36.5 Å². The highest BCUT2D eigenvalue weighted by Gasteiger charge is 2.22. The van der Waals surface area contributed by atoms with E-state index in [1.54, 1.807) is 0 Å². The second-order valence-corrected chi connectivity index (χ2v) is 6.71. The topological polar surface area (TPSA) is 44.4 Å². The maximum atomic E-state index is 12.2. The van der Waals surface area contributed by atoms with E-state index in [1.165, 1.54) is 0 Å². The zero-order valence-electron chi connectivity index (χ0n) is 12.8. The second kappa shape index (κ2) is 8.29. The van der Waals surface area contributed by atoms with Gasteiger partial charge in [0.05, 0.1) is 6.04 Å². The van der Waals surface area contributed by atoms with E-state index in [1.807, 2.05) is 49.0 Å². The van der Waals surface area contributed by atoms with Crippen molar-refractivity contribution in [3.05, 3.63) is 30.3 Å². The van der Waals surface area contributed by atoms with Crippen molar-refractivity contribution < 1.29 is 4.79 Å². The molecule has 116 valence electrons. The van der Waals surface area contributed by atoms with Gasteiger partial charge in [-0.2, -0.15) is 11.8 Å². The Kier molecular flexibility index (Phi) is 6.39. The van der Waals surface area contributed by atoms with Crippen molar-refractivity contribution >= 4 is 23.4 Å². The molecule has 0 spiro atoms. The molecule has 5 heteroatoms. The summed E-state index contributed by atoms with van der Waals surface area (Å²) in [5, 5.41) is 6.43. The number of nitrogens with zero attached hydrogens (tertiary/aromatic N) is 1. The average molecular weight is 307 g/mol. The number of benzene rings is 1. The Bertz CT molecular complexity index is 434. The predicted octanol–water partition coefficient (Wildman–Crippen LogP) is 2.04. The molecule has 1 aromatic carbocycles. The molecule has 0 bridgehead atoms. The number of para-hydroxylation sites is 1. The first-order valence-electron chi connectivity index (χ1n) is 7.58. The van der Waals surface area contributed by atoms with Gasteiger partial charge >= 0.3 is 0 Å². The first kappa shape index (κ1) is 16.2. The summed E-state index contributed by atoms with van der Waals surface area (Å²) in [6, 6.07) is 10.2. The fourth-order valence-electron chi connectivity index (χ4n) is 2.40. The van der Waals surface area contributed by atoms with Crippen molar-refractivity contribution in [2.45, 2.75) is 25.9 Å². The van der Waals surface area contributed by atoms with Gasteiger partial charge in [0, 0.05) is 42.9 Å². The molecule has 0 aliphatic carbocycles. The Morgan fingerprint density at radius 2 is 1.90 bits per heavy atom. The van der Waals surface area contributed by atoms with Gasteiger partial charge in [-0.15, -0.1) is 0 Å². The standard InChI is InChI=1S/C16H25N3OS/c1-13(18-15-6-4-3-5-7-15)12-17-16(20)14(2)19-8-10-21-11-9-19/h3-7,13-14,18H,8-12H2,1-2H3,(H,17,20)/t13-,14-/m0/s1. The van der Waals surface area contributed by atoms with Crippen LogP contribution in [-0.2, 0) is 4.79 Å². The molecule has 0 aromatic heterocycles. The van der Waals surface area contributed by atoms with Gasteiger partial charge in [-0.3, -0.25) is 9.69 Å². The molecule has 0 radical (unpaired) electrons. The van der Waals surface area contributed by atoms with Crippen molar-refractivity contribution in [1.29, 1.82) is 0 Å². The van der Waals surface area contributed by atoms with Gasteiger partial charge in [0.25, 0.3) is 0 Å². The van der Waals surface area contributed by atoms with Gasteiger partial charge in [0.1, 0.15) is 0 Å². The lowest BCUT2D eigenvalue weighted by molar-refractivity contribution is -0.125. The van der Waals surface area contributed by atoms with E-state index in [0.29, 0.717) is 6.54 Å². The van der Waals surface area contributed by atoms with E-state index >= 15 is 0 Å². The van der Waals surface area contributed by atoms with E-state index in [0.717, 1.165) is 30.3 Å². The third-order valence-electron chi connectivity index (χ3n) is 3.74. The van der Waals surface area contributed by atoms with Gasteiger partial charge in [0.2, 0.25) is 5.91 Å². The summed E-state index contributed by atoms with van der Waals surface area (Å²) in [5.74, 6) is 2.39. The molecular formula is C16H25N3OS. The van der Waals surface area contributed by atoms with E-state index in [2.05, 4.69) is 22.5 Å². The maximum Gasteiger partial charge on any atom is 0.237 e. The molecule has 2 N–H and O–H groups in total. The fourth-order valence-corrected chi connectivity index (χ4v) is 3.33. The largest absolute Gasteiger partial charge is 0.381 e. The number of thioether (sulfide) groups is 1. The highest BCUT2D eigenvalue weighted by molar-refractivity contribution is 7.99. The van der Waals surface area contributed by atoms with Crippen LogP contribution in [0.2, 0.25) is 0 Å². The van der Waals surface area contributed by atoms with E-state index in [9.17, 15) is 4.79 Å². The van der Waals surface area contributed by atoms with Crippen LogP contribution < -0.4 is 10.6 Å². The predicted molar refractivity (Wildman–Crippen MR) is 90.9 cm³/mol. The van der Waals surface area contributed by atoms with Crippen molar-refractivity contribution in [2.24, 2.45) is 0 Å². The molecule has 0 saturated carbocycles. The third kappa shape index (κ3) is 5.25. The molecule has 2 rings (SSSR count). The smallest absolute Gasteiger partial charge is 0.237 e. The summed E-state index contributed by atoms with van der Waals surface area (Å²) in [6.07, 6.45) is 0. The van der Waals surface area contributed by atoms with Crippen LogP contribution in [0.1, 0.15) is 13.8 Å². The van der Waals surface area contributed by atoms with Gasteiger partial charge in [-0.1, -0.05) is 18.2 Å². The van der Waals surface area contributed by atoms with Crippen LogP contribution in [0.4, 0.5) is 5.69 Å². The molecule has 1 amide bonds. The Balaban J connectivity index is 1.72. The minimum Gasteiger partial charge on any atom is -0.381 e. The maximum absolute atomic E-state index is 12.2. The lowest BCUT2D eigenvalue weighted by Crippen LogP contribution is -2.49. The minimum atomic E-state index is -0.0326. The van der Waals surface area contributed by atoms with Gasteiger partial charge in [-0.05, 0) is 26.0 Å². The van der Waals surface area contributed by atoms with Gasteiger partial charge < -0.3 is 10.6 Å². The molecule has 4 nitrogen and oxygen atoms in total. The van der Waals surface area contributed by atoms with Crippen molar-refractivity contribution in [3.63, 3.8) is 0 Å². The Labute approximate surface area is 131 Å². The number of nitrogens with one attached hydrogen (secondary N) is 2. The molecular weight excluding hydrogens is 282 g/mol. The molecule has 1 aliphatic rings. The zero-order chi connectivity index (χ0) is 15.1. The summed E-state index contributed by atoms with van der Waals surface area (Å²) < 4.78 is 0. The first-order chi connectivity index (χ1) is 10.2. The van der Waals surface area contributed by atoms with E-state index in [4.69, 9.17) is 0 Å². The normalized spacial score (nSPS) is 18.8. The van der Waals surface area contributed by atoms with E-state index < -0.39 is 0 Å². The monoisotopic (exact) mass is 307 g/mol. The Hall–Kier alpha value is -1.20. The highest BCUT2D eigenvalue weighted by Crippen LogP contribution is 2.12. The molecule has 1 fully saturated rings. The summed E-state index contributed by atoms with van der Waals surface area (Å²) >= 11 is 1.96. The Morgan fingerprint density at radius 3 is 2.57 bits per heavy atom. The van der Waals surface area contributed by atoms with Crippen LogP contribution in [0.25, 0.3) is 0 Å². The second-order valence-electron chi connectivity index (χ2n) is 5.48. The quantitative estimate of drug-likeness (QED) is 0.844. The van der Waals surface area contributed by atoms with Crippen LogP contribution in [0.5, 0.6) is 0 Å². The minimum absolute atomic E-state index is 0.0326. The van der Waals surface area contributed by atoms with Crippen molar-refractivity contribution in [3.8, 4) is 0 Å². The van der Waals surface area contributed by atoms with Gasteiger partial charge in [-0.25, -0.2) is 0 Å². The summed E-state index contributed by atoms with van der Waals surface area (Å²) in [6.45, 7) is 6.74. The van der Waals surface area contributed by atoms with Crippen LogP contribution in [0.3, 0.4) is 0 Å². The number of amides is 1. The molecule has 1 aliphatic heterocycles. The molecule has 0 unspecified atom stereocenters. The molecule has 2 atom stereocenters. The molecule has 1 heterocycles. The molecule has 21 heavy (non-hydrogen) atoms. The summed E-state index contributed by atoms with van der Waals surface area (Å²) in [7, 11) is 0. The summed E-state index contributed by atoms with van der Waals surface area (Å²) in [4.78, 5) is 14.5. The third-order valence-corrected chi connectivity index (χ3v) is 4.68. The Morgan fingerprint density at radius 1 is 1.24 bits per heavy atom. The number of hydrogen-bond acceptors (Lipinski definition) is 4. The number of carbonyl (C=O) groups excluding carboxylic acids is 1. The fraction of sp³-hybridized carbons (Fsp3) is 0.562. The number of hydrogen-bond donors (Lipinski definition) is 2. The number of anilines is 1. The first-order valence-corrected chi connectivity index (χ1v) is 8.73. The van der Waals surface area contributed by atoms with Crippen LogP contribution in [0.15, 0.2) is 30.3 Å². The number of rotatable bonds is 6. The SMILES string of the molecule is C[C@@H](CNC(=O)[C@H](C)N1CCSCC1)Nc1ccccc1. The summed E-state index contributed by atoms with van der Waals surface area (Å²) in [5.41, 5.74) is 1.08. The number of carbonyl (C=O) groups is 1. The lowest BCUT2D eigenvalue weighted by Gasteiger charge is -2.31. The van der Waals surface area contributed by atoms with Crippen LogP contribution in [0, 0.1) is 0 Å². The van der Waals surface area contributed by atoms with Crippen LogP contribution in [-0.4, -0.2) is 54.0 Å². The zero-order valence-corrected chi connectivity index (χ0v) is 13.7. The molecule has 1 aromatic rings. The van der Waals surface area contributed by atoms with Gasteiger partial charge in [0.15, 0.2) is 0 Å². The lowest BCUT2D eigenvalue weighted by atomic mass is 10.2. The van der Waals surface area contributed by atoms with Crippen molar-refractivity contribution in [1.82, 2.24) is 10.2 Å².